The first-order chi connectivity index (χ1) is 23.1. The fraction of sp³-hybridized carbons (Fsp3) is 0.568. The Bertz CT molecular complexity index is 1280. The summed E-state index contributed by atoms with van der Waals surface area (Å²) in [4.78, 5) is 58.8. The van der Waals surface area contributed by atoms with Crippen LogP contribution in [0.3, 0.4) is 0 Å². The van der Waals surface area contributed by atoms with E-state index in [0.29, 0.717) is 58.2 Å². The fourth-order valence-electron chi connectivity index (χ4n) is 6.02. The Labute approximate surface area is 286 Å². The third kappa shape index (κ3) is 13.0. The second kappa shape index (κ2) is 20.5. The van der Waals surface area contributed by atoms with Crippen LogP contribution < -0.4 is 27.4 Å². The van der Waals surface area contributed by atoms with Gasteiger partial charge in [-0.05, 0) is 81.6 Å². The minimum atomic E-state index is -0.921. The van der Waals surface area contributed by atoms with Crippen LogP contribution in [0.25, 0.3) is 0 Å². The van der Waals surface area contributed by atoms with Gasteiger partial charge in [0.2, 0.25) is 23.6 Å². The van der Waals surface area contributed by atoms with Gasteiger partial charge >= 0.3 is 0 Å². The SMILES string of the molecule is CCN1CCCN(C(=O)[C@@H](CCCN)NC(=O)[C@@H](CC(C)C)NC(=O)[C@@H](CCc2ccccc2)NC(=O)[C@H](N)Cc2ccccc2)CC1. The van der Waals surface area contributed by atoms with Crippen LogP contribution in [0.4, 0.5) is 0 Å². The maximum absolute atomic E-state index is 13.9. The highest BCUT2D eigenvalue weighted by molar-refractivity contribution is 5.94. The Hall–Kier alpha value is -3.80. The average Bonchev–Trinajstić information content (AvgIpc) is 3.34. The zero-order chi connectivity index (χ0) is 34.9. The van der Waals surface area contributed by atoms with E-state index < -0.39 is 41.9 Å². The van der Waals surface area contributed by atoms with Gasteiger partial charge in [0.05, 0.1) is 6.04 Å². The minimum absolute atomic E-state index is 0.0709. The number of rotatable bonds is 18. The molecule has 2 aromatic carbocycles. The Kier molecular flexibility index (Phi) is 16.5. The lowest BCUT2D eigenvalue weighted by molar-refractivity contribution is -0.138. The minimum Gasteiger partial charge on any atom is -0.343 e. The Morgan fingerprint density at radius 1 is 0.750 bits per heavy atom. The van der Waals surface area contributed by atoms with Gasteiger partial charge < -0.3 is 37.2 Å². The number of aryl methyl sites for hydroxylation is 1. The smallest absolute Gasteiger partial charge is 0.245 e. The quantitative estimate of drug-likeness (QED) is 0.163. The largest absolute Gasteiger partial charge is 0.343 e. The summed E-state index contributed by atoms with van der Waals surface area (Å²) >= 11 is 0. The zero-order valence-electron chi connectivity index (χ0n) is 29.0. The molecule has 1 aliphatic heterocycles. The van der Waals surface area contributed by atoms with E-state index in [4.69, 9.17) is 11.5 Å². The topological polar surface area (TPSA) is 163 Å². The summed E-state index contributed by atoms with van der Waals surface area (Å²) in [5.41, 5.74) is 14.0. The highest BCUT2D eigenvalue weighted by atomic mass is 16.2. The van der Waals surface area contributed by atoms with Crippen LogP contribution in [0.2, 0.25) is 0 Å². The predicted octanol–water partition coefficient (Wildman–Crippen LogP) is 1.98. The Balaban J connectivity index is 1.75. The monoisotopic (exact) mass is 663 g/mol. The molecule has 4 amide bonds. The first-order valence-electron chi connectivity index (χ1n) is 17.6. The predicted molar refractivity (Wildman–Crippen MR) is 190 cm³/mol. The molecule has 1 heterocycles. The third-order valence-electron chi connectivity index (χ3n) is 8.83. The van der Waals surface area contributed by atoms with Crippen molar-refractivity contribution in [2.45, 2.75) is 89.9 Å². The number of nitrogens with one attached hydrogen (secondary N) is 3. The van der Waals surface area contributed by atoms with E-state index in [1.54, 1.807) is 0 Å². The van der Waals surface area contributed by atoms with Gasteiger partial charge in [0, 0.05) is 19.6 Å². The van der Waals surface area contributed by atoms with Crippen LogP contribution in [0, 0.1) is 5.92 Å². The molecule has 1 fully saturated rings. The number of hydrogen-bond donors (Lipinski definition) is 5. The highest BCUT2D eigenvalue weighted by Crippen LogP contribution is 2.12. The number of nitrogens with zero attached hydrogens (tertiary/aromatic N) is 2. The van der Waals surface area contributed by atoms with E-state index in [1.807, 2.05) is 79.4 Å². The van der Waals surface area contributed by atoms with Crippen molar-refractivity contribution >= 4 is 23.6 Å². The van der Waals surface area contributed by atoms with Crippen molar-refractivity contribution in [3.63, 3.8) is 0 Å². The van der Waals surface area contributed by atoms with Gasteiger partial charge in [-0.1, -0.05) is 81.4 Å². The van der Waals surface area contributed by atoms with Gasteiger partial charge in [-0.2, -0.15) is 0 Å². The number of likely N-dealkylation sites (N-methyl/N-ethyl adjacent to an activating group) is 1. The van der Waals surface area contributed by atoms with Crippen molar-refractivity contribution in [2.24, 2.45) is 17.4 Å². The van der Waals surface area contributed by atoms with Gasteiger partial charge in [0.25, 0.3) is 0 Å². The van der Waals surface area contributed by atoms with Crippen molar-refractivity contribution in [1.29, 1.82) is 0 Å². The molecular weight excluding hydrogens is 606 g/mol. The molecule has 0 aromatic heterocycles. The molecule has 1 aliphatic rings. The normalized spacial score (nSPS) is 16.3. The molecule has 0 unspecified atom stereocenters. The molecule has 48 heavy (non-hydrogen) atoms. The maximum Gasteiger partial charge on any atom is 0.245 e. The molecule has 3 rings (SSSR count). The molecule has 4 atom stereocenters. The fourth-order valence-corrected chi connectivity index (χ4v) is 6.02. The van der Waals surface area contributed by atoms with Crippen molar-refractivity contribution in [2.75, 3.05) is 39.3 Å². The Morgan fingerprint density at radius 3 is 1.98 bits per heavy atom. The van der Waals surface area contributed by atoms with Crippen molar-refractivity contribution in [3.8, 4) is 0 Å². The van der Waals surface area contributed by atoms with Gasteiger partial charge in [0.15, 0.2) is 0 Å². The van der Waals surface area contributed by atoms with E-state index in [-0.39, 0.29) is 11.8 Å². The number of nitrogens with two attached hydrogens (primary N) is 2. The first kappa shape index (κ1) is 38.6. The van der Waals surface area contributed by atoms with E-state index >= 15 is 0 Å². The molecule has 0 aliphatic carbocycles. The van der Waals surface area contributed by atoms with Crippen molar-refractivity contribution in [1.82, 2.24) is 25.8 Å². The van der Waals surface area contributed by atoms with Gasteiger partial charge in [-0.15, -0.1) is 0 Å². The molecule has 0 saturated carbocycles. The van der Waals surface area contributed by atoms with Crippen LogP contribution in [0.15, 0.2) is 60.7 Å². The molecule has 0 spiro atoms. The van der Waals surface area contributed by atoms with Crippen LogP contribution in [-0.4, -0.2) is 96.9 Å². The lowest BCUT2D eigenvalue weighted by Gasteiger charge is -2.29. The van der Waals surface area contributed by atoms with Crippen LogP contribution in [0.1, 0.15) is 64.0 Å². The molecule has 264 valence electrons. The number of amides is 4. The molecule has 2 aromatic rings. The van der Waals surface area contributed by atoms with Crippen molar-refractivity contribution in [3.05, 3.63) is 71.8 Å². The van der Waals surface area contributed by atoms with Crippen molar-refractivity contribution < 1.29 is 19.2 Å². The molecule has 11 nitrogen and oxygen atoms in total. The molecule has 1 saturated heterocycles. The lowest BCUT2D eigenvalue weighted by atomic mass is 9.99. The highest BCUT2D eigenvalue weighted by Gasteiger charge is 2.32. The molecule has 0 bridgehead atoms. The van der Waals surface area contributed by atoms with Crippen LogP contribution in [-0.2, 0) is 32.0 Å². The summed E-state index contributed by atoms with van der Waals surface area (Å²) in [6.07, 6.45) is 3.39. The number of carbonyl (C=O) groups excluding carboxylic acids is 4. The summed E-state index contributed by atoms with van der Waals surface area (Å²) in [5, 5.41) is 8.75. The summed E-state index contributed by atoms with van der Waals surface area (Å²) in [5.74, 6) is -1.38. The number of benzene rings is 2. The van der Waals surface area contributed by atoms with Crippen LogP contribution in [0.5, 0.6) is 0 Å². The number of hydrogen-bond acceptors (Lipinski definition) is 7. The van der Waals surface area contributed by atoms with Crippen LogP contribution >= 0.6 is 0 Å². The standard InChI is InChI=1S/C37H57N7O4/c1-4-43-21-12-22-44(24-23-43)37(48)32(17-11-20-38)41-36(47)33(25-27(2)3)42-35(46)31(19-18-28-13-7-5-8-14-28)40-34(45)30(39)26-29-15-9-6-10-16-29/h5-10,13-16,27,30-33H,4,11-12,17-26,38-39H2,1-3H3,(H,40,45)(H,41,47)(H,42,46)/t30-,31-,32-,33-/m1/s1. The second-order valence-electron chi connectivity index (χ2n) is 13.2. The van der Waals surface area contributed by atoms with Gasteiger partial charge in [-0.3, -0.25) is 19.2 Å². The van der Waals surface area contributed by atoms with E-state index in [9.17, 15) is 19.2 Å². The first-order valence-corrected chi connectivity index (χ1v) is 17.6. The van der Waals surface area contributed by atoms with Gasteiger partial charge in [0.1, 0.15) is 18.1 Å². The molecule has 11 heteroatoms. The average molecular weight is 664 g/mol. The number of carbonyl (C=O) groups is 4. The summed E-state index contributed by atoms with van der Waals surface area (Å²) in [6.45, 7) is 10.3. The third-order valence-corrected chi connectivity index (χ3v) is 8.83. The Morgan fingerprint density at radius 2 is 1.35 bits per heavy atom. The summed E-state index contributed by atoms with van der Waals surface area (Å²) in [6, 6.07) is 15.8. The summed E-state index contributed by atoms with van der Waals surface area (Å²) < 4.78 is 0. The second-order valence-corrected chi connectivity index (χ2v) is 13.2. The van der Waals surface area contributed by atoms with Gasteiger partial charge in [-0.25, -0.2) is 0 Å². The molecule has 0 radical (unpaired) electrons. The zero-order valence-corrected chi connectivity index (χ0v) is 29.0. The van der Waals surface area contributed by atoms with E-state index in [0.717, 1.165) is 37.2 Å². The maximum atomic E-state index is 13.9. The summed E-state index contributed by atoms with van der Waals surface area (Å²) in [7, 11) is 0. The van der Waals surface area contributed by atoms with E-state index in [1.165, 1.54) is 0 Å². The lowest BCUT2D eigenvalue weighted by Crippen LogP contribution is -2.58. The van der Waals surface area contributed by atoms with E-state index in [2.05, 4.69) is 27.8 Å². The molecular formula is C37H57N7O4. The molecule has 7 N–H and O–H groups in total.